The maximum absolute atomic E-state index is 14.2. The van der Waals surface area contributed by atoms with Crippen LogP contribution in [0.4, 0.5) is 27.4 Å². The second-order valence-electron chi connectivity index (χ2n) is 7.00. The fraction of sp³-hybridized carbons (Fsp3) is 0.0952. The first kappa shape index (κ1) is 19.4. The van der Waals surface area contributed by atoms with Crippen LogP contribution < -0.4 is 16.2 Å². The van der Waals surface area contributed by atoms with Gasteiger partial charge in [0.2, 0.25) is 11.3 Å². The molecule has 0 saturated carbocycles. The second kappa shape index (κ2) is 7.61. The van der Waals surface area contributed by atoms with Crippen molar-refractivity contribution < 1.29 is 9.02 Å². The van der Waals surface area contributed by atoms with E-state index in [0.717, 1.165) is 0 Å². The van der Waals surface area contributed by atoms with Gasteiger partial charge in [-0.25, -0.2) is 23.7 Å². The van der Waals surface area contributed by atoms with Crippen LogP contribution in [0.5, 0.6) is 0 Å². The summed E-state index contributed by atoms with van der Waals surface area (Å²) in [4.78, 5) is 22.0. The average Bonchev–Trinajstić information content (AvgIpc) is 3.33. The number of nitrogens with one attached hydrogen (secondary N) is 2. The number of fused-ring (bicyclic) bond motifs is 1. The average molecular weight is 432 g/mol. The monoisotopic (exact) mass is 432 g/mol. The molecule has 2 N–H and O–H groups in total. The normalized spacial score (nSPS) is 11.1. The molecule has 11 heteroatoms. The summed E-state index contributed by atoms with van der Waals surface area (Å²) in [6, 6.07) is 15.4. The smallest absolute Gasteiger partial charge is 0.295 e. The van der Waals surface area contributed by atoms with Gasteiger partial charge in [0.1, 0.15) is 11.5 Å². The Kier molecular flexibility index (Phi) is 4.62. The Hall–Kier alpha value is -4.54. The lowest BCUT2D eigenvalue weighted by Crippen LogP contribution is -2.20. The highest BCUT2D eigenvalue weighted by atomic mass is 19.1. The Morgan fingerprint density at radius 3 is 2.22 bits per heavy atom. The van der Waals surface area contributed by atoms with Gasteiger partial charge in [0, 0.05) is 7.05 Å². The molecule has 0 aliphatic heterocycles. The highest BCUT2D eigenvalue weighted by molar-refractivity contribution is 5.79. The molecule has 0 unspecified atom stereocenters. The van der Waals surface area contributed by atoms with Gasteiger partial charge in [-0.1, -0.05) is 30.3 Å². The molecule has 160 valence electrons. The Labute approximate surface area is 180 Å². The molecule has 0 aliphatic rings. The summed E-state index contributed by atoms with van der Waals surface area (Å²) in [6.07, 6.45) is 0. The zero-order chi connectivity index (χ0) is 22.2. The van der Waals surface area contributed by atoms with E-state index in [1.54, 1.807) is 36.9 Å². The summed E-state index contributed by atoms with van der Waals surface area (Å²) in [5, 5.41) is 13.3. The Bertz CT molecular complexity index is 1490. The highest BCUT2D eigenvalue weighted by Crippen LogP contribution is 2.28. The molecule has 0 aliphatic carbocycles. The number of hydrogen-bond acceptors (Lipinski definition) is 8. The van der Waals surface area contributed by atoms with Crippen molar-refractivity contribution in [3.63, 3.8) is 0 Å². The van der Waals surface area contributed by atoms with Crippen molar-refractivity contribution in [1.82, 2.24) is 29.6 Å². The SMILES string of the molecule is Cc1c(Nc2nc3nonc3nc2Nc2ccccc2F)c(=O)n(-c2ccccc2)n1C. The van der Waals surface area contributed by atoms with Gasteiger partial charge in [-0.15, -0.1) is 0 Å². The molecule has 0 saturated heterocycles. The molecule has 0 amide bonds. The highest BCUT2D eigenvalue weighted by Gasteiger charge is 2.20. The predicted octanol–water partition coefficient (Wildman–Crippen LogP) is 3.44. The van der Waals surface area contributed by atoms with Gasteiger partial charge in [0.15, 0.2) is 11.6 Å². The number of anilines is 4. The van der Waals surface area contributed by atoms with Gasteiger partial charge in [-0.05, 0) is 41.5 Å². The van der Waals surface area contributed by atoms with E-state index in [1.807, 2.05) is 30.3 Å². The number of aromatic nitrogens is 6. The number of benzene rings is 2. The molecule has 5 aromatic rings. The summed E-state index contributed by atoms with van der Waals surface area (Å²) < 4.78 is 22.2. The van der Waals surface area contributed by atoms with Crippen LogP contribution in [0, 0.1) is 12.7 Å². The largest absolute Gasteiger partial charge is 0.335 e. The molecule has 5 rings (SSSR count). The second-order valence-corrected chi connectivity index (χ2v) is 7.00. The van der Waals surface area contributed by atoms with Crippen molar-refractivity contribution in [1.29, 1.82) is 0 Å². The van der Waals surface area contributed by atoms with Gasteiger partial charge < -0.3 is 10.6 Å². The molecule has 10 nitrogen and oxygen atoms in total. The number of rotatable bonds is 5. The summed E-state index contributed by atoms with van der Waals surface area (Å²) in [6.45, 7) is 1.80. The van der Waals surface area contributed by atoms with E-state index in [4.69, 9.17) is 4.63 Å². The first-order valence-corrected chi connectivity index (χ1v) is 9.66. The first-order chi connectivity index (χ1) is 15.5. The Balaban J connectivity index is 1.62. The standard InChI is InChI=1S/C21H17FN8O2/c1-12-16(21(31)30(29(12)2)13-8-4-3-5-9-13)24-18-17(23-15-11-7-6-10-14(15)22)25-19-20(26-18)28-32-27-19/h3-11H,1-2H3,(H,23,25,27)(H,24,26,28). The number of para-hydroxylation sites is 2. The maximum atomic E-state index is 14.2. The van der Waals surface area contributed by atoms with Crippen molar-refractivity contribution in [2.45, 2.75) is 6.92 Å². The molecule has 32 heavy (non-hydrogen) atoms. The molecular weight excluding hydrogens is 415 g/mol. The summed E-state index contributed by atoms with van der Waals surface area (Å²) >= 11 is 0. The van der Waals surface area contributed by atoms with E-state index in [-0.39, 0.29) is 39.9 Å². The molecular formula is C21H17FN8O2. The zero-order valence-corrected chi connectivity index (χ0v) is 17.1. The van der Waals surface area contributed by atoms with Crippen molar-refractivity contribution in [2.24, 2.45) is 7.05 Å². The van der Waals surface area contributed by atoms with Gasteiger partial charge >= 0.3 is 0 Å². The minimum absolute atomic E-state index is 0.140. The third-order valence-corrected chi connectivity index (χ3v) is 5.04. The molecule has 0 fully saturated rings. The summed E-state index contributed by atoms with van der Waals surface area (Å²) in [5.74, 6) is -0.143. The number of hydrogen-bond donors (Lipinski definition) is 2. The summed E-state index contributed by atoms with van der Waals surface area (Å²) in [7, 11) is 1.78. The first-order valence-electron chi connectivity index (χ1n) is 9.66. The van der Waals surface area contributed by atoms with Crippen molar-refractivity contribution >= 4 is 34.3 Å². The molecule has 0 spiro atoms. The zero-order valence-electron chi connectivity index (χ0n) is 17.1. The topological polar surface area (TPSA) is 116 Å². The Morgan fingerprint density at radius 2 is 1.53 bits per heavy atom. The quantitative estimate of drug-likeness (QED) is 0.434. The minimum Gasteiger partial charge on any atom is -0.335 e. The van der Waals surface area contributed by atoms with E-state index in [2.05, 4.69) is 30.9 Å². The van der Waals surface area contributed by atoms with E-state index < -0.39 is 5.82 Å². The van der Waals surface area contributed by atoms with Gasteiger partial charge in [0.05, 0.1) is 17.1 Å². The minimum atomic E-state index is -0.471. The van der Waals surface area contributed by atoms with Crippen LogP contribution in [0.15, 0.2) is 64.0 Å². The fourth-order valence-electron chi connectivity index (χ4n) is 3.33. The van der Waals surface area contributed by atoms with Gasteiger partial charge in [-0.3, -0.25) is 9.48 Å². The predicted molar refractivity (Wildman–Crippen MR) is 116 cm³/mol. The van der Waals surface area contributed by atoms with E-state index in [9.17, 15) is 9.18 Å². The third kappa shape index (κ3) is 3.25. The van der Waals surface area contributed by atoms with Gasteiger partial charge in [0.25, 0.3) is 5.56 Å². The third-order valence-electron chi connectivity index (χ3n) is 5.04. The maximum Gasteiger partial charge on any atom is 0.295 e. The van der Waals surface area contributed by atoms with Crippen LogP contribution in [0.3, 0.4) is 0 Å². The van der Waals surface area contributed by atoms with Crippen molar-refractivity contribution in [3.05, 3.63) is 76.5 Å². The van der Waals surface area contributed by atoms with Crippen LogP contribution in [-0.2, 0) is 7.05 Å². The van der Waals surface area contributed by atoms with E-state index in [0.29, 0.717) is 11.4 Å². The number of halogens is 1. The molecule has 0 radical (unpaired) electrons. The van der Waals surface area contributed by atoms with Crippen LogP contribution >= 0.6 is 0 Å². The Morgan fingerprint density at radius 1 is 0.906 bits per heavy atom. The molecule has 0 atom stereocenters. The lowest BCUT2D eigenvalue weighted by molar-refractivity contribution is 0.314. The van der Waals surface area contributed by atoms with Crippen LogP contribution in [-0.4, -0.2) is 29.6 Å². The van der Waals surface area contributed by atoms with Gasteiger partial charge in [-0.2, -0.15) is 0 Å². The number of nitrogens with zero attached hydrogens (tertiary/aromatic N) is 6. The lowest BCUT2D eigenvalue weighted by atomic mass is 10.3. The van der Waals surface area contributed by atoms with E-state index in [1.165, 1.54) is 10.7 Å². The molecule has 2 aromatic carbocycles. The molecule has 3 aromatic heterocycles. The molecule has 3 heterocycles. The fourth-order valence-corrected chi connectivity index (χ4v) is 3.33. The molecule has 0 bridgehead atoms. The van der Waals surface area contributed by atoms with E-state index >= 15 is 0 Å². The summed E-state index contributed by atoms with van der Waals surface area (Å²) in [5.41, 5.74) is 1.85. The lowest BCUT2D eigenvalue weighted by Gasteiger charge is -2.11. The van der Waals surface area contributed by atoms with Crippen molar-refractivity contribution in [2.75, 3.05) is 10.6 Å². The van der Waals surface area contributed by atoms with Crippen LogP contribution in [0.1, 0.15) is 5.69 Å². The van der Waals surface area contributed by atoms with Crippen molar-refractivity contribution in [3.8, 4) is 5.69 Å². The van der Waals surface area contributed by atoms with Crippen LogP contribution in [0.2, 0.25) is 0 Å². The van der Waals surface area contributed by atoms with Crippen LogP contribution in [0.25, 0.3) is 17.0 Å².